The predicted molar refractivity (Wildman–Crippen MR) is 163 cm³/mol. The third-order valence-electron chi connectivity index (χ3n) is 6.11. The molecule has 0 bridgehead atoms. The van der Waals surface area contributed by atoms with Gasteiger partial charge in [0.05, 0.1) is 22.1 Å². The Morgan fingerprint density at radius 1 is 0.413 bits per heavy atom. The van der Waals surface area contributed by atoms with Crippen molar-refractivity contribution in [2.75, 3.05) is 14.2 Å². The summed E-state index contributed by atoms with van der Waals surface area (Å²) in [6.45, 7) is 8.41. The Hall–Kier alpha value is -2.90. The molecule has 0 aliphatic carbocycles. The molecule has 0 spiro atoms. The molecule has 0 unspecified atom stereocenters. The van der Waals surface area contributed by atoms with Crippen LogP contribution in [0, 0.1) is 27.7 Å². The molecule has 46 heavy (non-hydrogen) atoms. The SMILES string of the molecule is CO.CO.Cc1ccnc2c1ccc1c(C)ccnc12.Cc1ccnc2c1ccc1c(C)ccnc12.F[P-](F)(F)(F)(F)F.[Cl-].[Cl-].[Co+3]. The van der Waals surface area contributed by atoms with Gasteiger partial charge in [0, 0.05) is 60.6 Å². The first-order chi connectivity index (χ1) is 20.0. The summed E-state index contributed by atoms with van der Waals surface area (Å²) >= 11 is 0. The fourth-order valence-corrected chi connectivity index (χ4v) is 4.21. The number of aliphatic hydroxyl groups excluding tert-OH is 2. The molecular formula is C30H32Cl2CoF6N4O2P. The average Bonchev–Trinajstić information content (AvgIpc) is 2.95. The van der Waals surface area contributed by atoms with Crippen LogP contribution in [-0.4, -0.2) is 44.4 Å². The van der Waals surface area contributed by atoms with Gasteiger partial charge in [-0.1, -0.05) is 24.3 Å². The van der Waals surface area contributed by atoms with Gasteiger partial charge in [0.2, 0.25) is 0 Å². The summed E-state index contributed by atoms with van der Waals surface area (Å²) in [6.07, 6.45) is 7.39. The summed E-state index contributed by atoms with van der Waals surface area (Å²) in [5, 5.41) is 18.8. The van der Waals surface area contributed by atoms with Gasteiger partial charge in [-0.05, 0) is 74.2 Å². The minimum absolute atomic E-state index is 0. The average molecular weight is 755 g/mol. The molecule has 0 saturated heterocycles. The molecule has 16 heteroatoms. The molecule has 0 atom stereocenters. The maximum Gasteiger partial charge on any atom is 3.00 e. The third kappa shape index (κ3) is 13.1. The minimum atomic E-state index is -10.7. The summed E-state index contributed by atoms with van der Waals surface area (Å²) in [4.78, 5) is 17.8. The second-order valence-corrected chi connectivity index (χ2v) is 11.1. The van der Waals surface area contributed by atoms with Crippen LogP contribution in [0.4, 0.5) is 25.2 Å². The number of nitrogens with zero attached hydrogens (tertiary/aromatic N) is 4. The predicted octanol–water partition coefficient (Wildman–Crippen LogP) is 3.40. The van der Waals surface area contributed by atoms with Crippen LogP contribution < -0.4 is 24.8 Å². The number of pyridine rings is 4. The molecule has 0 radical (unpaired) electrons. The number of aryl methyl sites for hydroxylation is 4. The summed E-state index contributed by atoms with van der Waals surface area (Å²) in [5.74, 6) is 0. The summed E-state index contributed by atoms with van der Waals surface area (Å²) in [7, 11) is -8.66. The van der Waals surface area contributed by atoms with E-state index in [-0.39, 0.29) is 41.6 Å². The van der Waals surface area contributed by atoms with Crippen molar-refractivity contribution < 1.29 is 77.0 Å². The summed E-state index contributed by atoms with van der Waals surface area (Å²) in [5.41, 5.74) is 8.99. The van der Waals surface area contributed by atoms with Gasteiger partial charge in [-0.2, -0.15) is 0 Å². The van der Waals surface area contributed by atoms with Gasteiger partial charge in [-0.25, -0.2) is 0 Å². The van der Waals surface area contributed by atoms with E-state index in [9.17, 15) is 25.2 Å². The van der Waals surface area contributed by atoms with Gasteiger partial charge >= 0.3 is 49.8 Å². The molecule has 0 saturated carbocycles. The number of hydrogen-bond acceptors (Lipinski definition) is 6. The maximum absolute atomic E-state index is 10.7. The van der Waals surface area contributed by atoms with E-state index in [4.69, 9.17) is 10.2 Å². The van der Waals surface area contributed by atoms with Gasteiger partial charge < -0.3 is 35.0 Å². The van der Waals surface area contributed by atoms with Crippen molar-refractivity contribution in [1.29, 1.82) is 0 Å². The number of aliphatic hydroxyl groups is 2. The molecule has 4 heterocycles. The van der Waals surface area contributed by atoms with Crippen LogP contribution in [-0.2, 0) is 16.8 Å². The van der Waals surface area contributed by atoms with Crippen LogP contribution in [0.3, 0.4) is 0 Å². The van der Waals surface area contributed by atoms with E-state index >= 15 is 0 Å². The molecule has 6 aromatic rings. The van der Waals surface area contributed by atoms with Crippen molar-refractivity contribution >= 4 is 51.4 Å². The van der Waals surface area contributed by atoms with Gasteiger partial charge in [-0.3, -0.25) is 19.9 Å². The quantitative estimate of drug-likeness (QED) is 0.141. The largest absolute Gasteiger partial charge is 3.00 e. The normalized spacial score (nSPS) is 11.5. The molecule has 6 rings (SSSR count). The van der Waals surface area contributed by atoms with Crippen molar-refractivity contribution in [3.05, 3.63) is 95.6 Å². The van der Waals surface area contributed by atoms with Crippen LogP contribution in [0.25, 0.3) is 43.6 Å². The van der Waals surface area contributed by atoms with Gasteiger partial charge in [0.15, 0.2) is 0 Å². The molecule has 0 fully saturated rings. The van der Waals surface area contributed by atoms with Crippen molar-refractivity contribution in [2.24, 2.45) is 0 Å². The van der Waals surface area contributed by atoms with Crippen molar-refractivity contribution in [3.8, 4) is 0 Å². The van der Waals surface area contributed by atoms with E-state index in [1.165, 1.54) is 43.8 Å². The number of rotatable bonds is 0. The van der Waals surface area contributed by atoms with E-state index in [0.717, 1.165) is 36.3 Å². The van der Waals surface area contributed by atoms with Gasteiger partial charge in [0.25, 0.3) is 0 Å². The second kappa shape index (κ2) is 17.3. The van der Waals surface area contributed by atoms with E-state index in [1.54, 1.807) is 0 Å². The zero-order valence-corrected chi connectivity index (χ0v) is 28.9. The Morgan fingerprint density at radius 3 is 0.717 bits per heavy atom. The third-order valence-corrected chi connectivity index (χ3v) is 6.11. The summed E-state index contributed by atoms with van der Waals surface area (Å²) in [6, 6.07) is 16.7. The summed E-state index contributed by atoms with van der Waals surface area (Å²) < 4.78 is 59.2. The molecule has 6 nitrogen and oxygen atoms in total. The number of benzene rings is 2. The topological polar surface area (TPSA) is 92.0 Å². The Bertz CT molecular complexity index is 1630. The first-order valence-corrected chi connectivity index (χ1v) is 14.7. The molecular weight excluding hydrogens is 723 g/mol. The molecule has 4 aromatic heterocycles. The molecule has 0 aliphatic heterocycles. The monoisotopic (exact) mass is 754 g/mol. The Labute approximate surface area is 285 Å². The van der Waals surface area contributed by atoms with Crippen LogP contribution in [0.15, 0.2) is 73.3 Å². The number of aromatic nitrogens is 4. The smallest absolute Gasteiger partial charge is 1.00 e. The van der Waals surface area contributed by atoms with Crippen molar-refractivity contribution in [1.82, 2.24) is 19.9 Å². The first kappa shape index (κ1) is 45.2. The second-order valence-electron chi connectivity index (χ2n) is 9.19. The zero-order valence-electron chi connectivity index (χ0n) is 25.4. The molecule has 2 aromatic carbocycles. The number of hydrogen-bond donors (Lipinski definition) is 2. The van der Waals surface area contributed by atoms with Crippen molar-refractivity contribution in [2.45, 2.75) is 27.7 Å². The van der Waals surface area contributed by atoms with Crippen LogP contribution >= 0.6 is 7.81 Å². The maximum atomic E-state index is 9.87. The molecule has 254 valence electrons. The molecule has 2 N–H and O–H groups in total. The fourth-order valence-electron chi connectivity index (χ4n) is 4.21. The van der Waals surface area contributed by atoms with E-state index in [2.05, 4.69) is 71.9 Å². The number of fused-ring (bicyclic) bond motifs is 6. The van der Waals surface area contributed by atoms with Gasteiger partial charge in [0.1, 0.15) is 0 Å². The molecule has 0 amide bonds. The van der Waals surface area contributed by atoms with Crippen molar-refractivity contribution in [3.63, 3.8) is 0 Å². The van der Waals surface area contributed by atoms with Crippen LogP contribution in [0.2, 0.25) is 0 Å². The zero-order chi connectivity index (χ0) is 32.7. The van der Waals surface area contributed by atoms with E-state index in [1.807, 2.05) is 49.1 Å². The minimum Gasteiger partial charge on any atom is -1.00 e. The first-order valence-electron chi connectivity index (χ1n) is 12.6. The van der Waals surface area contributed by atoms with Crippen LogP contribution in [0.1, 0.15) is 22.3 Å². The Balaban J connectivity index is 0. The Kier molecular flexibility index (Phi) is 17.0. The van der Waals surface area contributed by atoms with E-state index in [0.29, 0.717) is 0 Å². The standard InChI is InChI=1S/2C14H12N2.2CH4O.2ClH.Co.F6P/c2*1-9-5-7-15-13-11(9)3-4-12-10(2)6-8-16-14(12)13;2*1-2;;;;1-7(2,3,4,5)6/h2*3-8H,1-2H3;2*2H,1H3;2*1H;;/q;;;;;;+3;-1/p-2. The molecule has 0 aliphatic rings. The Morgan fingerprint density at radius 2 is 0.565 bits per heavy atom. The van der Waals surface area contributed by atoms with E-state index < -0.39 is 7.81 Å². The fraction of sp³-hybridized carbons (Fsp3) is 0.200. The van der Waals surface area contributed by atoms with Crippen LogP contribution in [0.5, 0.6) is 0 Å². The number of halogens is 8. The van der Waals surface area contributed by atoms with Gasteiger partial charge in [-0.15, -0.1) is 0 Å².